The standard InChI is InChI=1S/C17H16BrN3O3/c18-13-5-3-6-14(10-13)20-16(23)8-9-17(24)21-19-11-12-4-1-2-7-15(12)22/h1-7,10-11,22H,8-9H2,(H,20,23)(H,21,24)/b19-11-. The van der Waals surface area contributed by atoms with E-state index < -0.39 is 0 Å². The molecular formula is C17H16BrN3O3. The van der Waals surface area contributed by atoms with E-state index in [2.05, 4.69) is 31.8 Å². The van der Waals surface area contributed by atoms with Crippen LogP contribution in [0.5, 0.6) is 5.75 Å². The number of nitrogens with zero attached hydrogens (tertiary/aromatic N) is 1. The van der Waals surface area contributed by atoms with Gasteiger partial charge in [-0.2, -0.15) is 5.10 Å². The molecule has 7 heteroatoms. The number of aromatic hydroxyl groups is 1. The largest absolute Gasteiger partial charge is 0.507 e. The van der Waals surface area contributed by atoms with E-state index in [0.717, 1.165) is 4.47 Å². The van der Waals surface area contributed by atoms with Crippen molar-refractivity contribution in [3.8, 4) is 5.75 Å². The number of para-hydroxylation sites is 1. The van der Waals surface area contributed by atoms with Gasteiger partial charge in [0.1, 0.15) is 5.75 Å². The maximum absolute atomic E-state index is 11.8. The lowest BCUT2D eigenvalue weighted by Gasteiger charge is -2.05. The fraction of sp³-hybridized carbons (Fsp3) is 0.118. The number of amides is 2. The summed E-state index contributed by atoms with van der Waals surface area (Å²) >= 11 is 3.32. The zero-order valence-corrected chi connectivity index (χ0v) is 14.3. The van der Waals surface area contributed by atoms with E-state index in [4.69, 9.17) is 0 Å². The topological polar surface area (TPSA) is 90.8 Å². The molecule has 0 aliphatic rings. The molecular weight excluding hydrogens is 374 g/mol. The third kappa shape index (κ3) is 5.85. The molecule has 0 aromatic heterocycles. The van der Waals surface area contributed by atoms with Crippen molar-refractivity contribution < 1.29 is 14.7 Å². The molecule has 2 rings (SSSR count). The van der Waals surface area contributed by atoms with Gasteiger partial charge in [0.15, 0.2) is 0 Å². The Bertz CT molecular complexity index is 762. The SMILES string of the molecule is O=C(CCC(=O)Nc1cccc(Br)c1)N/N=C\c1ccccc1O. The summed E-state index contributed by atoms with van der Waals surface area (Å²) in [7, 11) is 0. The third-order valence-corrected chi connectivity index (χ3v) is 3.51. The molecule has 0 saturated carbocycles. The minimum absolute atomic E-state index is 0.0119. The molecule has 0 spiro atoms. The lowest BCUT2D eigenvalue weighted by atomic mass is 10.2. The normalized spacial score (nSPS) is 10.5. The molecule has 0 unspecified atom stereocenters. The van der Waals surface area contributed by atoms with E-state index in [-0.39, 0.29) is 30.4 Å². The molecule has 0 atom stereocenters. The summed E-state index contributed by atoms with van der Waals surface area (Å²) < 4.78 is 0.858. The highest BCUT2D eigenvalue weighted by molar-refractivity contribution is 9.10. The van der Waals surface area contributed by atoms with Crippen LogP contribution in [-0.2, 0) is 9.59 Å². The summed E-state index contributed by atoms with van der Waals surface area (Å²) in [5.41, 5.74) is 3.47. The van der Waals surface area contributed by atoms with Crippen molar-refractivity contribution in [1.82, 2.24) is 5.43 Å². The summed E-state index contributed by atoms with van der Waals surface area (Å²) in [5.74, 6) is -0.567. The lowest BCUT2D eigenvalue weighted by molar-refractivity contribution is -0.124. The first kappa shape index (κ1) is 17.7. The highest BCUT2D eigenvalue weighted by atomic mass is 79.9. The molecule has 3 N–H and O–H groups in total. The molecule has 0 aliphatic heterocycles. The number of hydrogen-bond donors (Lipinski definition) is 3. The smallest absolute Gasteiger partial charge is 0.240 e. The molecule has 2 aromatic carbocycles. The van der Waals surface area contributed by atoms with Gasteiger partial charge in [0.05, 0.1) is 6.21 Å². The number of nitrogens with one attached hydrogen (secondary N) is 2. The molecule has 2 aromatic rings. The van der Waals surface area contributed by atoms with Crippen LogP contribution in [0.2, 0.25) is 0 Å². The van der Waals surface area contributed by atoms with Crippen LogP contribution in [0.4, 0.5) is 5.69 Å². The summed E-state index contributed by atoms with van der Waals surface area (Å²) in [6.07, 6.45) is 1.40. The second-order valence-corrected chi connectivity index (χ2v) is 5.83. The van der Waals surface area contributed by atoms with E-state index in [1.165, 1.54) is 12.3 Å². The zero-order valence-electron chi connectivity index (χ0n) is 12.7. The number of phenols is 1. The van der Waals surface area contributed by atoms with Gasteiger partial charge in [-0.3, -0.25) is 9.59 Å². The first-order chi connectivity index (χ1) is 11.5. The molecule has 0 fully saturated rings. The van der Waals surface area contributed by atoms with Crippen molar-refractivity contribution in [3.63, 3.8) is 0 Å². The first-order valence-corrected chi connectivity index (χ1v) is 7.99. The fourth-order valence-electron chi connectivity index (χ4n) is 1.84. The van der Waals surface area contributed by atoms with Gasteiger partial charge in [-0.05, 0) is 30.3 Å². The summed E-state index contributed by atoms with van der Waals surface area (Å²) in [5, 5.41) is 16.0. The van der Waals surface area contributed by atoms with Crippen LogP contribution in [0.1, 0.15) is 18.4 Å². The number of carbonyl (C=O) groups excluding carboxylic acids is 2. The first-order valence-electron chi connectivity index (χ1n) is 7.20. The monoisotopic (exact) mass is 389 g/mol. The zero-order chi connectivity index (χ0) is 17.4. The van der Waals surface area contributed by atoms with Crippen LogP contribution in [0.25, 0.3) is 0 Å². The van der Waals surface area contributed by atoms with E-state index >= 15 is 0 Å². The van der Waals surface area contributed by atoms with Gasteiger partial charge in [-0.15, -0.1) is 0 Å². The average Bonchev–Trinajstić information content (AvgIpc) is 2.55. The van der Waals surface area contributed by atoms with Crippen LogP contribution >= 0.6 is 15.9 Å². The van der Waals surface area contributed by atoms with Crippen LogP contribution in [0.3, 0.4) is 0 Å². The summed E-state index contributed by atoms with van der Waals surface area (Å²) in [4.78, 5) is 23.4. The Kier molecular flexibility index (Phi) is 6.51. The summed E-state index contributed by atoms with van der Waals surface area (Å²) in [6.45, 7) is 0. The van der Waals surface area contributed by atoms with Gasteiger partial charge in [0.2, 0.25) is 11.8 Å². The van der Waals surface area contributed by atoms with Crippen LogP contribution < -0.4 is 10.7 Å². The number of anilines is 1. The number of carbonyl (C=O) groups is 2. The van der Waals surface area contributed by atoms with Crippen molar-refractivity contribution in [2.24, 2.45) is 5.10 Å². The van der Waals surface area contributed by atoms with Gasteiger partial charge in [-0.25, -0.2) is 5.43 Å². The molecule has 0 radical (unpaired) electrons. The Morgan fingerprint density at radius 1 is 1.08 bits per heavy atom. The quantitative estimate of drug-likeness (QED) is 0.523. The van der Waals surface area contributed by atoms with Crippen molar-refractivity contribution in [3.05, 3.63) is 58.6 Å². The van der Waals surface area contributed by atoms with Crippen LogP contribution in [0.15, 0.2) is 58.1 Å². The van der Waals surface area contributed by atoms with E-state index in [0.29, 0.717) is 11.3 Å². The van der Waals surface area contributed by atoms with Gasteiger partial charge in [0.25, 0.3) is 0 Å². The predicted molar refractivity (Wildman–Crippen MR) is 95.8 cm³/mol. The average molecular weight is 390 g/mol. The van der Waals surface area contributed by atoms with E-state index in [1.807, 2.05) is 6.07 Å². The molecule has 0 heterocycles. The highest BCUT2D eigenvalue weighted by Crippen LogP contribution is 2.16. The summed E-state index contributed by atoms with van der Waals surface area (Å²) in [6, 6.07) is 13.8. The van der Waals surface area contributed by atoms with Crippen molar-refractivity contribution in [1.29, 1.82) is 0 Å². The van der Waals surface area contributed by atoms with Gasteiger partial charge in [-0.1, -0.05) is 34.1 Å². The van der Waals surface area contributed by atoms with E-state index in [1.54, 1.807) is 36.4 Å². The van der Waals surface area contributed by atoms with Crippen molar-refractivity contribution >= 4 is 39.6 Å². The Labute approximate surface area is 147 Å². The molecule has 124 valence electrons. The van der Waals surface area contributed by atoms with Crippen LogP contribution in [-0.4, -0.2) is 23.1 Å². The second-order valence-electron chi connectivity index (χ2n) is 4.91. The molecule has 2 amide bonds. The third-order valence-electron chi connectivity index (χ3n) is 3.02. The minimum Gasteiger partial charge on any atom is -0.507 e. The fourth-order valence-corrected chi connectivity index (χ4v) is 2.24. The molecule has 0 aliphatic carbocycles. The Morgan fingerprint density at radius 2 is 1.83 bits per heavy atom. The number of hydrazone groups is 1. The van der Waals surface area contributed by atoms with Gasteiger partial charge >= 0.3 is 0 Å². The van der Waals surface area contributed by atoms with Crippen LogP contribution in [0, 0.1) is 0 Å². The number of halogens is 1. The molecule has 6 nitrogen and oxygen atoms in total. The molecule has 0 bridgehead atoms. The predicted octanol–water partition coefficient (Wildman–Crippen LogP) is 3.02. The van der Waals surface area contributed by atoms with E-state index in [9.17, 15) is 14.7 Å². The maximum Gasteiger partial charge on any atom is 0.240 e. The Hall–Kier alpha value is -2.67. The highest BCUT2D eigenvalue weighted by Gasteiger charge is 2.07. The van der Waals surface area contributed by atoms with Gasteiger partial charge in [0, 0.05) is 28.6 Å². The van der Waals surface area contributed by atoms with Gasteiger partial charge < -0.3 is 10.4 Å². The number of benzene rings is 2. The Morgan fingerprint density at radius 3 is 2.58 bits per heavy atom. The molecule has 0 saturated heterocycles. The second kappa shape index (κ2) is 8.83. The Balaban J connectivity index is 1.75. The number of hydrogen-bond acceptors (Lipinski definition) is 4. The number of rotatable bonds is 6. The number of phenolic OH excluding ortho intramolecular Hbond substituents is 1. The molecule has 24 heavy (non-hydrogen) atoms. The van der Waals surface area contributed by atoms with Crippen molar-refractivity contribution in [2.75, 3.05) is 5.32 Å². The van der Waals surface area contributed by atoms with Crippen molar-refractivity contribution in [2.45, 2.75) is 12.8 Å². The maximum atomic E-state index is 11.8. The minimum atomic E-state index is -0.383. The lowest BCUT2D eigenvalue weighted by Crippen LogP contribution is -2.20.